The van der Waals surface area contributed by atoms with Crippen LogP contribution >= 0.6 is 0 Å². The first-order valence-electron chi connectivity index (χ1n) is 4.33. The van der Waals surface area contributed by atoms with Gasteiger partial charge in [-0.15, -0.1) is 0 Å². The van der Waals surface area contributed by atoms with Crippen LogP contribution in [0.15, 0.2) is 52.5 Å². The van der Waals surface area contributed by atoms with E-state index in [4.69, 9.17) is 0 Å². The average molecular weight is 175 g/mol. The number of hydrogen-bond donors (Lipinski definition) is 0. The van der Waals surface area contributed by atoms with Crippen molar-refractivity contribution in [2.45, 2.75) is 12.8 Å². The van der Waals surface area contributed by atoms with E-state index in [2.05, 4.69) is 4.99 Å². The van der Waals surface area contributed by atoms with Gasteiger partial charge < -0.3 is 0 Å². The molecule has 0 fully saturated rings. The zero-order valence-electron chi connectivity index (χ0n) is 7.20. The molecule has 66 valence electrons. The smallest absolute Gasteiger partial charge is 0.127 e. The standard InChI is InChI=1S/C11H10FN/c12-11-6-4-2-1-3-5-10(11)9-7-13-8-9/h1-2,4,6-8H,3,5H2/b2-1+,6-4-,11-10-. The van der Waals surface area contributed by atoms with Crippen molar-refractivity contribution >= 4 is 6.21 Å². The number of halogens is 1. The highest BCUT2D eigenvalue weighted by atomic mass is 19.1. The van der Waals surface area contributed by atoms with Gasteiger partial charge in [0, 0.05) is 18.0 Å². The summed E-state index contributed by atoms with van der Waals surface area (Å²) in [7, 11) is 0. The minimum Gasteiger partial charge on any atom is -0.263 e. The van der Waals surface area contributed by atoms with Crippen LogP contribution in [-0.4, -0.2) is 6.21 Å². The first-order valence-corrected chi connectivity index (χ1v) is 4.33. The molecule has 2 aliphatic rings. The van der Waals surface area contributed by atoms with Crippen LogP contribution in [0.1, 0.15) is 12.8 Å². The molecule has 0 atom stereocenters. The fourth-order valence-corrected chi connectivity index (χ4v) is 1.35. The summed E-state index contributed by atoms with van der Waals surface area (Å²) in [4.78, 5) is 3.83. The molecule has 0 unspecified atom stereocenters. The quantitative estimate of drug-likeness (QED) is 0.580. The number of nitrogens with zero attached hydrogens (tertiary/aromatic N) is 1. The molecule has 13 heavy (non-hydrogen) atoms. The van der Waals surface area contributed by atoms with E-state index in [0.717, 1.165) is 24.0 Å². The van der Waals surface area contributed by atoms with E-state index in [-0.39, 0.29) is 5.83 Å². The van der Waals surface area contributed by atoms with Crippen molar-refractivity contribution in [1.82, 2.24) is 0 Å². The predicted molar refractivity (Wildman–Crippen MR) is 52.2 cm³/mol. The van der Waals surface area contributed by atoms with E-state index < -0.39 is 0 Å². The van der Waals surface area contributed by atoms with E-state index in [1.807, 2.05) is 12.2 Å². The number of rotatable bonds is 1. The number of allylic oxidation sites excluding steroid dienone is 7. The maximum absolute atomic E-state index is 13.4. The fourth-order valence-electron chi connectivity index (χ4n) is 1.35. The maximum atomic E-state index is 13.4. The number of aliphatic imine (C=N–C) groups is 1. The molecule has 0 aromatic rings. The first-order chi connectivity index (χ1) is 6.38. The van der Waals surface area contributed by atoms with Crippen LogP contribution in [0, 0.1) is 0 Å². The predicted octanol–water partition coefficient (Wildman–Crippen LogP) is 3.08. The molecule has 1 heterocycles. The van der Waals surface area contributed by atoms with Crippen molar-refractivity contribution in [3.63, 3.8) is 0 Å². The second-order valence-electron chi connectivity index (χ2n) is 3.02. The third kappa shape index (κ3) is 1.66. The second-order valence-corrected chi connectivity index (χ2v) is 3.02. The van der Waals surface area contributed by atoms with Crippen molar-refractivity contribution in [2.24, 2.45) is 4.99 Å². The lowest BCUT2D eigenvalue weighted by Gasteiger charge is -2.11. The Bertz CT molecular complexity index is 356. The van der Waals surface area contributed by atoms with Gasteiger partial charge in [0.15, 0.2) is 0 Å². The first kappa shape index (κ1) is 8.17. The third-order valence-corrected chi connectivity index (χ3v) is 2.11. The SMILES string of the molecule is FC1=C(\C2=CN=C2)CC/C=C/C=C\1. The van der Waals surface area contributed by atoms with Crippen LogP contribution in [0.2, 0.25) is 0 Å². The Labute approximate surface area is 76.7 Å². The monoisotopic (exact) mass is 175 g/mol. The Morgan fingerprint density at radius 2 is 2.15 bits per heavy atom. The number of hydrogen-bond acceptors (Lipinski definition) is 1. The Morgan fingerprint density at radius 3 is 2.85 bits per heavy atom. The molecule has 0 amide bonds. The Morgan fingerprint density at radius 1 is 1.31 bits per heavy atom. The molecule has 1 aliphatic carbocycles. The molecular formula is C11H10FN. The van der Waals surface area contributed by atoms with Crippen molar-refractivity contribution in [2.75, 3.05) is 0 Å². The van der Waals surface area contributed by atoms with Crippen LogP contribution in [0.4, 0.5) is 4.39 Å². The zero-order valence-corrected chi connectivity index (χ0v) is 7.20. The Balaban J connectivity index is 2.27. The van der Waals surface area contributed by atoms with E-state index in [9.17, 15) is 4.39 Å². The lowest BCUT2D eigenvalue weighted by Crippen LogP contribution is -1.99. The summed E-state index contributed by atoms with van der Waals surface area (Å²) in [6, 6.07) is 0. The largest absolute Gasteiger partial charge is 0.263 e. The van der Waals surface area contributed by atoms with Gasteiger partial charge in [-0.1, -0.05) is 18.2 Å². The van der Waals surface area contributed by atoms with Crippen LogP contribution in [0.3, 0.4) is 0 Å². The van der Waals surface area contributed by atoms with Gasteiger partial charge >= 0.3 is 0 Å². The molecule has 0 radical (unpaired) electrons. The molecular weight excluding hydrogens is 165 g/mol. The summed E-state index contributed by atoms with van der Waals surface area (Å²) in [5.41, 5.74) is 1.70. The molecule has 1 aliphatic heterocycles. The van der Waals surface area contributed by atoms with Gasteiger partial charge in [-0.3, -0.25) is 4.99 Å². The lowest BCUT2D eigenvalue weighted by atomic mass is 9.98. The minimum atomic E-state index is -0.137. The highest BCUT2D eigenvalue weighted by Crippen LogP contribution is 2.25. The van der Waals surface area contributed by atoms with Gasteiger partial charge in [0.25, 0.3) is 0 Å². The van der Waals surface area contributed by atoms with Crippen LogP contribution in [-0.2, 0) is 0 Å². The molecule has 0 bridgehead atoms. The minimum absolute atomic E-state index is 0.137. The van der Waals surface area contributed by atoms with Crippen LogP contribution in [0.25, 0.3) is 0 Å². The second kappa shape index (κ2) is 3.52. The van der Waals surface area contributed by atoms with Gasteiger partial charge in [-0.05, 0) is 24.5 Å². The summed E-state index contributed by atoms with van der Waals surface area (Å²) < 4.78 is 13.4. The van der Waals surface area contributed by atoms with Gasteiger partial charge in [0.2, 0.25) is 0 Å². The van der Waals surface area contributed by atoms with E-state index in [1.54, 1.807) is 18.5 Å². The summed E-state index contributed by atoms with van der Waals surface area (Å²) in [6.07, 6.45) is 12.2. The summed E-state index contributed by atoms with van der Waals surface area (Å²) in [5, 5.41) is 0. The highest BCUT2D eigenvalue weighted by molar-refractivity contribution is 5.90. The zero-order chi connectivity index (χ0) is 9.10. The topological polar surface area (TPSA) is 12.4 Å². The van der Waals surface area contributed by atoms with Gasteiger partial charge in [-0.25, -0.2) is 4.39 Å². The van der Waals surface area contributed by atoms with Gasteiger partial charge in [-0.2, -0.15) is 0 Å². The summed E-state index contributed by atoms with van der Waals surface area (Å²) in [5.74, 6) is -0.137. The van der Waals surface area contributed by atoms with Crippen molar-refractivity contribution in [1.29, 1.82) is 0 Å². The molecule has 0 aromatic heterocycles. The molecule has 2 heteroatoms. The average Bonchev–Trinajstić information content (AvgIpc) is 2.01. The van der Waals surface area contributed by atoms with Crippen LogP contribution < -0.4 is 0 Å². The molecule has 0 saturated carbocycles. The van der Waals surface area contributed by atoms with Gasteiger partial charge in [0.05, 0.1) is 0 Å². The van der Waals surface area contributed by atoms with Crippen LogP contribution in [0.5, 0.6) is 0 Å². The highest BCUT2D eigenvalue weighted by Gasteiger charge is 2.11. The van der Waals surface area contributed by atoms with Crippen molar-refractivity contribution in [3.8, 4) is 0 Å². The Kier molecular flexibility index (Phi) is 2.21. The summed E-state index contributed by atoms with van der Waals surface area (Å²) >= 11 is 0. The maximum Gasteiger partial charge on any atom is 0.127 e. The van der Waals surface area contributed by atoms with E-state index in [1.165, 1.54) is 6.08 Å². The fraction of sp³-hybridized carbons (Fsp3) is 0.182. The molecule has 0 saturated heterocycles. The normalized spacial score (nSPS) is 31.3. The third-order valence-electron chi connectivity index (χ3n) is 2.11. The summed E-state index contributed by atoms with van der Waals surface area (Å²) in [6.45, 7) is 0. The molecule has 0 aromatic carbocycles. The molecule has 0 spiro atoms. The lowest BCUT2D eigenvalue weighted by molar-refractivity contribution is 0.648. The molecule has 1 nitrogen and oxygen atoms in total. The Hall–Kier alpha value is -1.44. The molecule has 0 N–H and O–H groups in total. The van der Waals surface area contributed by atoms with Crippen molar-refractivity contribution in [3.05, 3.63) is 47.5 Å². The van der Waals surface area contributed by atoms with E-state index >= 15 is 0 Å². The van der Waals surface area contributed by atoms with Gasteiger partial charge in [0.1, 0.15) is 5.83 Å². The van der Waals surface area contributed by atoms with Crippen molar-refractivity contribution < 1.29 is 4.39 Å². The van der Waals surface area contributed by atoms with E-state index in [0.29, 0.717) is 0 Å². The molecule has 2 rings (SSSR count).